The Morgan fingerprint density at radius 2 is 1.37 bits per heavy atom. The van der Waals surface area contributed by atoms with Crippen LogP contribution < -0.4 is 0 Å². The predicted molar refractivity (Wildman–Crippen MR) is 114 cm³/mol. The molecular weight excluding hydrogens is 332 g/mol. The molecule has 0 amide bonds. The van der Waals surface area contributed by atoms with E-state index in [1.54, 1.807) is 0 Å². The van der Waals surface area contributed by atoms with Gasteiger partial charge in [0.05, 0.1) is 0 Å². The quantitative estimate of drug-likeness (QED) is 0.309. The summed E-state index contributed by atoms with van der Waals surface area (Å²) in [5.74, 6) is -0.0984. The number of ether oxygens (including phenoxy) is 1. The predicted octanol–water partition coefficient (Wildman–Crippen LogP) is 7.27. The number of unbranched alkanes of at least 4 members (excludes halogenated alkanes) is 4. The van der Waals surface area contributed by atoms with Crippen molar-refractivity contribution in [2.75, 3.05) is 0 Å². The van der Waals surface area contributed by atoms with Gasteiger partial charge >= 0.3 is 5.97 Å². The molecule has 0 N–H and O–H groups in total. The zero-order valence-corrected chi connectivity index (χ0v) is 17.2. The molecule has 2 rings (SSSR count). The fourth-order valence-corrected chi connectivity index (χ4v) is 3.23. The lowest BCUT2D eigenvalue weighted by atomic mass is 9.99. The second-order valence-electron chi connectivity index (χ2n) is 7.37. The summed E-state index contributed by atoms with van der Waals surface area (Å²) in [6, 6.07) is 17.2. The van der Waals surface area contributed by atoms with Crippen molar-refractivity contribution in [3.05, 3.63) is 59.7 Å². The van der Waals surface area contributed by atoms with E-state index in [9.17, 15) is 4.79 Å². The lowest BCUT2D eigenvalue weighted by Gasteiger charge is -2.14. The van der Waals surface area contributed by atoms with Crippen molar-refractivity contribution in [1.29, 1.82) is 0 Å². The second kappa shape index (κ2) is 11.6. The first-order chi connectivity index (χ1) is 13.1. The molecule has 0 heterocycles. The molecule has 146 valence electrons. The van der Waals surface area contributed by atoms with Gasteiger partial charge in [0, 0.05) is 6.42 Å². The van der Waals surface area contributed by atoms with Crippen LogP contribution in [-0.2, 0) is 16.0 Å². The van der Waals surface area contributed by atoms with Crippen molar-refractivity contribution < 1.29 is 9.53 Å². The molecule has 0 saturated carbocycles. The number of carbonyl (C=O) groups excluding carboxylic acids is 1. The smallest absolute Gasteiger partial charge is 0.306 e. The third-order valence-corrected chi connectivity index (χ3v) is 5.03. The molecule has 2 heteroatoms. The van der Waals surface area contributed by atoms with E-state index in [1.165, 1.54) is 36.0 Å². The molecule has 0 aliphatic heterocycles. The minimum absolute atomic E-state index is 0.0984. The molecule has 1 unspecified atom stereocenters. The summed E-state index contributed by atoms with van der Waals surface area (Å²) >= 11 is 0. The summed E-state index contributed by atoms with van der Waals surface area (Å²) in [6.45, 7) is 6.31. The van der Waals surface area contributed by atoms with Gasteiger partial charge in [0.15, 0.2) is 0 Å². The van der Waals surface area contributed by atoms with Crippen LogP contribution >= 0.6 is 0 Å². The van der Waals surface area contributed by atoms with Gasteiger partial charge in [-0.3, -0.25) is 4.79 Å². The molecule has 0 saturated heterocycles. The van der Waals surface area contributed by atoms with Crippen molar-refractivity contribution in [3.63, 3.8) is 0 Å². The maximum atomic E-state index is 11.9. The summed E-state index contributed by atoms with van der Waals surface area (Å²) in [6.07, 6.45) is 8.40. The fourth-order valence-electron chi connectivity index (χ4n) is 3.23. The summed E-state index contributed by atoms with van der Waals surface area (Å²) in [5, 5.41) is 0. The Balaban J connectivity index is 1.91. The number of carbonyl (C=O) groups is 1. The molecule has 0 fully saturated rings. The Bertz CT molecular complexity index is 670. The van der Waals surface area contributed by atoms with Crippen LogP contribution in [0.25, 0.3) is 11.1 Å². The number of rotatable bonds is 11. The van der Waals surface area contributed by atoms with Gasteiger partial charge in [-0.1, -0.05) is 88.1 Å². The molecule has 1 atom stereocenters. The van der Waals surface area contributed by atoms with E-state index < -0.39 is 0 Å². The second-order valence-corrected chi connectivity index (χ2v) is 7.37. The molecule has 27 heavy (non-hydrogen) atoms. The Kier molecular flexibility index (Phi) is 9.10. The van der Waals surface area contributed by atoms with Gasteiger partial charge in [-0.05, 0) is 48.4 Å². The average Bonchev–Trinajstić information content (AvgIpc) is 2.69. The normalized spacial score (nSPS) is 12.0. The molecular formula is C25H34O2. The first-order valence-electron chi connectivity index (χ1n) is 10.5. The van der Waals surface area contributed by atoms with Crippen LogP contribution in [0.2, 0.25) is 0 Å². The van der Waals surface area contributed by atoms with E-state index in [-0.39, 0.29) is 12.1 Å². The number of benzene rings is 2. The Morgan fingerprint density at radius 1 is 0.815 bits per heavy atom. The van der Waals surface area contributed by atoms with Crippen molar-refractivity contribution >= 4 is 5.97 Å². The Labute approximate surface area is 165 Å². The Morgan fingerprint density at radius 3 is 1.96 bits per heavy atom. The van der Waals surface area contributed by atoms with Crippen molar-refractivity contribution in [2.45, 2.75) is 78.2 Å². The van der Waals surface area contributed by atoms with Crippen molar-refractivity contribution in [1.82, 2.24) is 0 Å². The van der Waals surface area contributed by atoms with Gasteiger partial charge in [0.1, 0.15) is 6.10 Å². The van der Waals surface area contributed by atoms with Crippen LogP contribution in [-0.4, -0.2) is 5.97 Å². The molecule has 2 aromatic rings. The van der Waals surface area contributed by atoms with E-state index in [0.717, 1.165) is 31.2 Å². The minimum Gasteiger partial charge on any atom is -0.458 e. The van der Waals surface area contributed by atoms with Crippen LogP contribution in [0.5, 0.6) is 0 Å². The fraction of sp³-hybridized carbons (Fsp3) is 0.480. The zero-order valence-electron chi connectivity index (χ0n) is 17.2. The monoisotopic (exact) mass is 366 g/mol. The topological polar surface area (TPSA) is 26.3 Å². The van der Waals surface area contributed by atoms with Gasteiger partial charge in [-0.25, -0.2) is 0 Å². The number of esters is 1. The van der Waals surface area contributed by atoms with Gasteiger partial charge in [-0.2, -0.15) is 0 Å². The highest BCUT2D eigenvalue weighted by atomic mass is 16.5. The lowest BCUT2D eigenvalue weighted by Crippen LogP contribution is -2.08. The highest BCUT2D eigenvalue weighted by molar-refractivity contribution is 5.69. The van der Waals surface area contributed by atoms with E-state index in [1.807, 2.05) is 6.92 Å². The molecule has 0 spiro atoms. The van der Waals surface area contributed by atoms with Gasteiger partial charge < -0.3 is 4.74 Å². The number of aryl methyl sites for hydroxylation is 1. The molecule has 0 aromatic heterocycles. The van der Waals surface area contributed by atoms with Crippen LogP contribution in [0.15, 0.2) is 48.5 Å². The zero-order chi connectivity index (χ0) is 19.5. The van der Waals surface area contributed by atoms with Crippen molar-refractivity contribution in [3.8, 4) is 11.1 Å². The third kappa shape index (κ3) is 7.21. The van der Waals surface area contributed by atoms with Crippen LogP contribution in [0.3, 0.4) is 0 Å². The standard InChI is InChI=1S/C25H34O2/c1-4-6-8-10-21-12-14-23(15-13-21)24-18-16-22(17-19-24)20(3)27-25(26)11-9-7-5-2/h12-20H,4-11H2,1-3H3. The average molecular weight is 367 g/mol. The van der Waals surface area contributed by atoms with Crippen molar-refractivity contribution in [2.24, 2.45) is 0 Å². The Hall–Kier alpha value is -2.09. The first-order valence-corrected chi connectivity index (χ1v) is 10.5. The van der Waals surface area contributed by atoms with Gasteiger partial charge in [0.25, 0.3) is 0 Å². The number of hydrogen-bond acceptors (Lipinski definition) is 2. The SMILES string of the molecule is CCCCCC(=O)OC(C)c1ccc(-c2ccc(CCCCC)cc2)cc1. The maximum absolute atomic E-state index is 11.9. The van der Waals surface area contributed by atoms with Gasteiger partial charge in [-0.15, -0.1) is 0 Å². The highest BCUT2D eigenvalue weighted by Crippen LogP contribution is 2.24. The lowest BCUT2D eigenvalue weighted by molar-refractivity contribution is -0.148. The maximum Gasteiger partial charge on any atom is 0.306 e. The van der Waals surface area contributed by atoms with E-state index in [4.69, 9.17) is 4.74 Å². The van der Waals surface area contributed by atoms with Gasteiger partial charge in [0.2, 0.25) is 0 Å². The highest BCUT2D eigenvalue weighted by Gasteiger charge is 2.11. The summed E-state index contributed by atoms with van der Waals surface area (Å²) < 4.78 is 5.55. The van der Waals surface area contributed by atoms with E-state index in [0.29, 0.717) is 6.42 Å². The summed E-state index contributed by atoms with van der Waals surface area (Å²) in [5.41, 5.74) is 4.87. The molecule has 0 bridgehead atoms. The molecule has 0 aliphatic carbocycles. The van der Waals surface area contributed by atoms with Crippen LogP contribution in [0.1, 0.15) is 82.9 Å². The molecule has 2 aromatic carbocycles. The summed E-state index contributed by atoms with van der Waals surface area (Å²) in [4.78, 5) is 11.9. The van der Waals surface area contributed by atoms with E-state index >= 15 is 0 Å². The summed E-state index contributed by atoms with van der Waals surface area (Å²) in [7, 11) is 0. The largest absolute Gasteiger partial charge is 0.458 e. The van der Waals surface area contributed by atoms with E-state index in [2.05, 4.69) is 62.4 Å². The minimum atomic E-state index is -0.200. The van der Waals surface area contributed by atoms with Crippen LogP contribution in [0.4, 0.5) is 0 Å². The molecule has 0 radical (unpaired) electrons. The third-order valence-electron chi connectivity index (χ3n) is 5.03. The molecule has 2 nitrogen and oxygen atoms in total. The van der Waals surface area contributed by atoms with Crippen LogP contribution in [0, 0.1) is 0 Å². The number of hydrogen-bond donors (Lipinski definition) is 0. The first kappa shape index (κ1) is 21.2. The molecule has 0 aliphatic rings.